The van der Waals surface area contributed by atoms with E-state index in [4.69, 9.17) is 10.5 Å². The van der Waals surface area contributed by atoms with E-state index in [-0.39, 0.29) is 30.2 Å². The van der Waals surface area contributed by atoms with E-state index in [9.17, 15) is 22.8 Å². The van der Waals surface area contributed by atoms with Gasteiger partial charge in [-0.25, -0.2) is 4.79 Å². The predicted octanol–water partition coefficient (Wildman–Crippen LogP) is 5.33. The molecule has 2 aromatic rings. The highest BCUT2D eigenvalue weighted by Gasteiger charge is 2.45. The van der Waals surface area contributed by atoms with Crippen LogP contribution in [0.15, 0.2) is 48.7 Å². The van der Waals surface area contributed by atoms with Crippen molar-refractivity contribution in [1.82, 2.24) is 9.88 Å². The number of primary amides is 1. The summed E-state index contributed by atoms with van der Waals surface area (Å²) >= 11 is 0. The molecule has 2 aliphatic carbocycles. The van der Waals surface area contributed by atoms with Crippen LogP contribution < -0.4 is 5.73 Å². The lowest BCUT2D eigenvalue weighted by Gasteiger charge is -2.43. The third-order valence-corrected chi connectivity index (χ3v) is 7.33. The minimum atomic E-state index is -4.33. The van der Waals surface area contributed by atoms with Gasteiger partial charge in [0.2, 0.25) is 0 Å². The largest absolute Gasteiger partial charge is 0.449 e. The van der Waals surface area contributed by atoms with Gasteiger partial charge >= 0.3 is 12.3 Å². The predicted molar refractivity (Wildman–Crippen MR) is 124 cm³/mol. The van der Waals surface area contributed by atoms with Crippen LogP contribution >= 0.6 is 0 Å². The maximum Gasteiger partial charge on any atom is 0.404 e. The van der Waals surface area contributed by atoms with Gasteiger partial charge in [0.05, 0.1) is 5.92 Å². The summed E-state index contributed by atoms with van der Waals surface area (Å²) in [7, 11) is 0. The van der Waals surface area contributed by atoms with Gasteiger partial charge < -0.3 is 15.4 Å². The summed E-state index contributed by atoms with van der Waals surface area (Å²) in [5.74, 6) is -1.74. The lowest BCUT2D eigenvalue weighted by atomic mass is 9.70. The van der Waals surface area contributed by atoms with Crippen molar-refractivity contribution in [1.29, 1.82) is 0 Å². The molecule has 0 spiro atoms. The van der Waals surface area contributed by atoms with Crippen LogP contribution in [0, 0.1) is 0 Å². The Labute approximate surface area is 202 Å². The number of carbonyl (C=O) groups is 2. The number of halogens is 3. The van der Waals surface area contributed by atoms with Crippen molar-refractivity contribution in [2.75, 3.05) is 6.61 Å². The molecule has 188 valence electrons. The number of rotatable bonds is 7. The zero-order chi connectivity index (χ0) is 25.2. The van der Waals surface area contributed by atoms with Crippen LogP contribution in [0.4, 0.5) is 18.0 Å². The highest BCUT2D eigenvalue weighted by Crippen LogP contribution is 2.43. The summed E-state index contributed by atoms with van der Waals surface area (Å²) in [5.41, 5.74) is 6.13. The lowest BCUT2D eigenvalue weighted by Crippen LogP contribution is -2.48. The molecule has 9 heteroatoms. The average Bonchev–Trinajstić information content (AvgIpc) is 3.68. The number of amides is 2. The zero-order valence-corrected chi connectivity index (χ0v) is 19.6. The minimum Gasteiger partial charge on any atom is -0.449 e. The number of nitrogens with zero attached hydrogens (tertiary/aromatic N) is 2. The molecule has 0 aliphatic heterocycles. The Hall–Kier alpha value is -3.10. The lowest BCUT2D eigenvalue weighted by molar-refractivity contribution is -0.146. The van der Waals surface area contributed by atoms with Crippen molar-refractivity contribution in [2.24, 2.45) is 5.73 Å². The monoisotopic (exact) mass is 489 g/mol. The first-order valence-corrected chi connectivity index (χ1v) is 11.9. The first-order valence-electron chi connectivity index (χ1n) is 11.9. The van der Waals surface area contributed by atoms with Crippen LogP contribution in [0.3, 0.4) is 0 Å². The maximum atomic E-state index is 13.5. The van der Waals surface area contributed by atoms with Crippen LogP contribution in [0.25, 0.3) is 0 Å². The smallest absolute Gasteiger partial charge is 0.404 e. The molecule has 1 atom stereocenters. The molecule has 2 N–H and O–H groups in total. The summed E-state index contributed by atoms with van der Waals surface area (Å²) in [4.78, 5) is 31.2. The van der Waals surface area contributed by atoms with E-state index in [1.165, 1.54) is 24.3 Å². The van der Waals surface area contributed by atoms with E-state index in [1.54, 1.807) is 6.20 Å². The highest BCUT2D eigenvalue weighted by atomic mass is 19.4. The molecule has 2 amide bonds. The number of hydrogen-bond acceptors (Lipinski definition) is 4. The number of carbonyl (C=O) groups excluding carboxylic acids is 2. The zero-order valence-electron chi connectivity index (χ0n) is 19.6. The van der Waals surface area contributed by atoms with Crippen LogP contribution in [-0.4, -0.2) is 46.8 Å². The SMILES string of the molecule is C[C@H](c1ccc(C(=O)N(C2CC2)C2CCC(COC(N)=O)(c3ccccn3)CC2)cc1)C(F)(F)F. The molecule has 0 radical (unpaired) electrons. The third-order valence-electron chi connectivity index (χ3n) is 7.33. The van der Waals surface area contributed by atoms with Crippen LogP contribution in [0.5, 0.6) is 0 Å². The summed E-state index contributed by atoms with van der Waals surface area (Å²) in [6.07, 6.45) is 1.11. The molecule has 6 nitrogen and oxygen atoms in total. The third kappa shape index (κ3) is 5.60. The van der Waals surface area contributed by atoms with Crippen molar-refractivity contribution in [3.8, 4) is 0 Å². The Kier molecular flexibility index (Phi) is 7.05. The van der Waals surface area contributed by atoms with E-state index in [1.807, 2.05) is 23.1 Å². The van der Waals surface area contributed by atoms with Gasteiger partial charge in [-0.3, -0.25) is 9.78 Å². The van der Waals surface area contributed by atoms with E-state index >= 15 is 0 Å². The fraction of sp³-hybridized carbons (Fsp3) is 0.500. The van der Waals surface area contributed by atoms with Gasteiger partial charge in [0.25, 0.3) is 5.91 Å². The van der Waals surface area contributed by atoms with E-state index in [2.05, 4.69) is 4.98 Å². The van der Waals surface area contributed by atoms with Crippen molar-refractivity contribution in [2.45, 2.75) is 75.0 Å². The van der Waals surface area contributed by atoms with Crippen LogP contribution in [0.1, 0.15) is 73.0 Å². The first kappa shape index (κ1) is 25.0. The fourth-order valence-corrected chi connectivity index (χ4v) is 5.03. The number of ether oxygens (including phenoxy) is 1. The number of aromatic nitrogens is 1. The summed E-state index contributed by atoms with van der Waals surface area (Å²) in [6, 6.07) is 11.6. The van der Waals surface area contributed by atoms with Gasteiger partial charge in [-0.1, -0.05) is 18.2 Å². The summed E-state index contributed by atoms with van der Waals surface area (Å²) in [5, 5.41) is 0. The normalized spacial score (nSPS) is 23.4. The molecule has 4 rings (SSSR count). The second kappa shape index (κ2) is 9.87. The molecule has 2 aliphatic rings. The van der Waals surface area contributed by atoms with Crippen LogP contribution in [-0.2, 0) is 10.2 Å². The Balaban J connectivity index is 1.50. The molecule has 2 saturated carbocycles. The Morgan fingerprint density at radius 2 is 1.71 bits per heavy atom. The van der Waals surface area contributed by atoms with E-state index in [0.29, 0.717) is 31.2 Å². The van der Waals surface area contributed by atoms with Gasteiger partial charge in [-0.2, -0.15) is 13.2 Å². The maximum absolute atomic E-state index is 13.5. The summed E-state index contributed by atoms with van der Waals surface area (Å²) in [6.45, 7) is 1.24. The Morgan fingerprint density at radius 1 is 1.09 bits per heavy atom. The Bertz CT molecular complexity index is 1030. The second-order valence-corrected chi connectivity index (χ2v) is 9.66. The minimum absolute atomic E-state index is 0.00538. The van der Waals surface area contributed by atoms with Crippen molar-refractivity contribution < 1.29 is 27.5 Å². The van der Waals surface area contributed by atoms with Gasteiger partial charge in [-0.05, 0) is 75.3 Å². The van der Waals surface area contributed by atoms with Crippen molar-refractivity contribution in [3.05, 3.63) is 65.5 Å². The topological polar surface area (TPSA) is 85.5 Å². The van der Waals surface area contributed by atoms with Crippen molar-refractivity contribution in [3.63, 3.8) is 0 Å². The number of hydrogen-bond donors (Lipinski definition) is 1. The first-order chi connectivity index (χ1) is 16.6. The average molecular weight is 490 g/mol. The van der Waals surface area contributed by atoms with Gasteiger partial charge in [-0.15, -0.1) is 0 Å². The molecule has 1 heterocycles. The standard InChI is InChI=1S/C26H30F3N3O3/c1-17(26(27,28)29)18-5-7-19(8-6-18)23(33)32(20-9-10-20)21-11-13-25(14-12-21,16-35-24(30)34)22-4-2-3-15-31-22/h2-8,15,17,20-21H,9-14,16H2,1H3,(H2,30,34)/t17-,21?,25?/m1/s1. The molecule has 1 aromatic carbocycles. The number of benzene rings is 1. The number of pyridine rings is 1. The molecule has 2 fully saturated rings. The molecule has 0 unspecified atom stereocenters. The summed E-state index contributed by atoms with van der Waals surface area (Å²) < 4.78 is 44.4. The van der Waals surface area contributed by atoms with E-state index in [0.717, 1.165) is 25.5 Å². The molecule has 0 saturated heterocycles. The highest BCUT2D eigenvalue weighted by molar-refractivity contribution is 5.95. The quantitative estimate of drug-likeness (QED) is 0.570. The molecule has 0 bridgehead atoms. The Morgan fingerprint density at radius 3 is 2.23 bits per heavy atom. The molecular formula is C26H30F3N3O3. The van der Waals surface area contributed by atoms with E-state index < -0.39 is 23.6 Å². The van der Waals surface area contributed by atoms with Gasteiger partial charge in [0.15, 0.2) is 0 Å². The molecule has 1 aromatic heterocycles. The fourth-order valence-electron chi connectivity index (χ4n) is 5.03. The molecular weight excluding hydrogens is 459 g/mol. The van der Waals surface area contributed by atoms with Gasteiger partial charge in [0, 0.05) is 35.0 Å². The van der Waals surface area contributed by atoms with Crippen LogP contribution in [0.2, 0.25) is 0 Å². The molecule has 35 heavy (non-hydrogen) atoms. The second-order valence-electron chi connectivity index (χ2n) is 9.66. The number of alkyl halides is 3. The van der Waals surface area contributed by atoms with Crippen molar-refractivity contribution >= 4 is 12.0 Å². The van der Waals surface area contributed by atoms with Gasteiger partial charge in [0.1, 0.15) is 6.61 Å². The number of nitrogens with two attached hydrogens (primary N) is 1.